The summed E-state index contributed by atoms with van der Waals surface area (Å²) in [7, 11) is 0. The molecule has 11 aromatic rings. The average Bonchev–Trinajstić information content (AvgIpc) is 3.37. The maximum Gasteiger partial charge on any atom is 0.0540 e. The highest BCUT2D eigenvalue weighted by Crippen LogP contribution is 2.48. The molecule has 296 valence electrons. The van der Waals surface area contributed by atoms with Gasteiger partial charge in [0.15, 0.2) is 0 Å². The second-order valence-corrected chi connectivity index (χ2v) is 16.0. The average molecular weight is 802 g/mol. The molecule has 0 aliphatic rings. The van der Waals surface area contributed by atoms with E-state index in [0.717, 1.165) is 28.2 Å². The first-order chi connectivity index (χ1) is 31.3. The minimum Gasteiger partial charge on any atom is -0.310 e. The van der Waals surface area contributed by atoms with Crippen LogP contribution in [-0.2, 0) is 0 Å². The number of rotatable bonds is 9. The molecule has 0 N–H and O–H groups in total. The molecule has 0 saturated carbocycles. The van der Waals surface area contributed by atoms with Gasteiger partial charge < -0.3 is 4.90 Å². The van der Waals surface area contributed by atoms with Crippen molar-refractivity contribution in [2.45, 2.75) is 0 Å². The molecule has 0 spiro atoms. The van der Waals surface area contributed by atoms with Gasteiger partial charge in [0.1, 0.15) is 0 Å². The molecule has 0 saturated heterocycles. The highest BCUT2D eigenvalue weighted by atomic mass is 15.1. The van der Waals surface area contributed by atoms with Crippen molar-refractivity contribution in [1.82, 2.24) is 0 Å². The minimum absolute atomic E-state index is 1.08. The zero-order valence-corrected chi connectivity index (χ0v) is 34.8. The number of hydrogen-bond acceptors (Lipinski definition) is 1. The van der Waals surface area contributed by atoms with E-state index in [1.807, 2.05) is 0 Å². The first kappa shape index (κ1) is 37.7. The van der Waals surface area contributed by atoms with E-state index in [-0.39, 0.29) is 0 Å². The van der Waals surface area contributed by atoms with Crippen molar-refractivity contribution in [3.8, 4) is 66.8 Å². The highest BCUT2D eigenvalue weighted by Gasteiger charge is 2.22. The van der Waals surface area contributed by atoms with Gasteiger partial charge in [-0.1, -0.05) is 231 Å². The van der Waals surface area contributed by atoms with Crippen LogP contribution in [0.2, 0.25) is 0 Å². The zero-order valence-electron chi connectivity index (χ0n) is 34.8. The number of anilines is 3. The van der Waals surface area contributed by atoms with Crippen LogP contribution in [0.5, 0.6) is 0 Å². The Kier molecular flexibility index (Phi) is 9.97. The fourth-order valence-electron chi connectivity index (χ4n) is 9.44. The van der Waals surface area contributed by atoms with Crippen LogP contribution in [0, 0.1) is 0 Å². The van der Waals surface area contributed by atoms with Crippen LogP contribution in [0.1, 0.15) is 0 Å². The lowest BCUT2D eigenvalue weighted by Gasteiger charge is -2.29. The largest absolute Gasteiger partial charge is 0.310 e. The van der Waals surface area contributed by atoms with Gasteiger partial charge in [-0.15, -0.1) is 0 Å². The van der Waals surface area contributed by atoms with Crippen LogP contribution < -0.4 is 4.90 Å². The van der Waals surface area contributed by atoms with E-state index in [1.165, 1.54) is 77.2 Å². The molecule has 0 heterocycles. The van der Waals surface area contributed by atoms with Gasteiger partial charge in [-0.25, -0.2) is 0 Å². The third-order valence-corrected chi connectivity index (χ3v) is 12.3. The summed E-state index contributed by atoms with van der Waals surface area (Å²) in [5.41, 5.74) is 17.7. The Bertz CT molecular complexity index is 3340. The molecule has 11 rings (SSSR count). The van der Waals surface area contributed by atoms with E-state index < -0.39 is 0 Å². The molecule has 11 aromatic carbocycles. The first-order valence-electron chi connectivity index (χ1n) is 21.7. The number of fused-ring (bicyclic) bond motifs is 3. The summed E-state index contributed by atoms with van der Waals surface area (Å²) in [6, 6.07) is 94.6. The Morgan fingerprint density at radius 1 is 0.206 bits per heavy atom. The van der Waals surface area contributed by atoms with Crippen LogP contribution in [-0.4, -0.2) is 0 Å². The van der Waals surface area contributed by atoms with Gasteiger partial charge in [0.05, 0.1) is 5.69 Å². The maximum absolute atomic E-state index is 2.44. The summed E-state index contributed by atoms with van der Waals surface area (Å²) in [6.45, 7) is 0. The smallest absolute Gasteiger partial charge is 0.0540 e. The number of hydrogen-bond donors (Lipinski definition) is 0. The number of para-hydroxylation sites is 1. The van der Waals surface area contributed by atoms with E-state index >= 15 is 0 Å². The number of benzene rings is 11. The monoisotopic (exact) mass is 801 g/mol. The van der Waals surface area contributed by atoms with Crippen LogP contribution >= 0.6 is 0 Å². The molecule has 0 bridgehead atoms. The third kappa shape index (κ3) is 7.06. The third-order valence-electron chi connectivity index (χ3n) is 12.3. The van der Waals surface area contributed by atoms with E-state index in [4.69, 9.17) is 0 Å². The Hall–Kier alpha value is -8.26. The zero-order chi connectivity index (χ0) is 42.0. The van der Waals surface area contributed by atoms with Crippen molar-refractivity contribution in [3.63, 3.8) is 0 Å². The standard InChI is InChI=1S/C62H43N/c1-6-21-44(22-7-1)52-31-18-19-36-59(52)63(50-39-37-46(38-40-50)54-35-20-34-53(45-23-8-2-9-24-45)60(54)47-25-10-3-11-26-47)51-41-42-56-55-32-16-17-33-57(55)61(48-27-12-4-13-28-48)62(58(56)43-51)49-29-14-5-15-30-49/h1-43H. The molecule has 0 radical (unpaired) electrons. The Morgan fingerprint density at radius 2 is 0.587 bits per heavy atom. The van der Waals surface area contributed by atoms with Gasteiger partial charge in [0.25, 0.3) is 0 Å². The van der Waals surface area contributed by atoms with Gasteiger partial charge >= 0.3 is 0 Å². The number of nitrogens with zero attached hydrogens (tertiary/aromatic N) is 1. The quantitative estimate of drug-likeness (QED) is 0.131. The van der Waals surface area contributed by atoms with Crippen LogP contribution in [0.25, 0.3) is 88.3 Å². The van der Waals surface area contributed by atoms with Crippen molar-refractivity contribution in [2.24, 2.45) is 0 Å². The predicted octanol–water partition coefficient (Wildman–Crippen LogP) is 17.5. The molecular formula is C62H43N. The lowest BCUT2D eigenvalue weighted by molar-refractivity contribution is 1.29. The summed E-state index contributed by atoms with van der Waals surface area (Å²) in [6.07, 6.45) is 0. The molecule has 1 nitrogen and oxygen atoms in total. The van der Waals surface area contributed by atoms with Crippen molar-refractivity contribution >= 4 is 38.6 Å². The SMILES string of the molecule is c1ccc(-c2ccccc2N(c2ccc(-c3cccc(-c4ccccc4)c3-c3ccccc3)cc2)c2ccc3c(c2)c(-c2ccccc2)c(-c2ccccc2)c2ccccc23)cc1. The molecule has 0 unspecified atom stereocenters. The minimum atomic E-state index is 1.08. The van der Waals surface area contributed by atoms with Gasteiger partial charge in [-0.3, -0.25) is 0 Å². The Labute approximate surface area is 369 Å². The van der Waals surface area contributed by atoms with Crippen molar-refractivity contribution in [2.75, 3.05) is 4.90 Å². The van der Waals surface area contributed by atoms with E-state index in [2.05, 4.69) is 266 Å². The van der Waals surface area contributed by atoms with Crippen LogP contribution in [0.15, 0.2) is 261 Å². The molecule has 63 heavy (non-hydrogen) atoms. The van der Waals surface area contributed by atoms with Crippen LogP contribution in [0.4, 0.5) is 17.1 Å². The Morgan fingerprint density at radius 3 is 1.16 bits per heavy atom. The molecule has 0 amide bonds. The van der Waals surface area contributed by atoms with Gasteiger partial charge in [0, 0.05) is 16.9 Å². The van der Waals surface area contributed by atoms with Gasteiger partial charge in [0.2, 0.25) is 0 Å². The summed E-state index contributed by atoms with van der Waals surface area (Å²) in [4.78, 5) is 2.44. The lowest BCUT2D eigenvalue weighted by Crippen LogP contribution is -2.11. The highest BCUT2D eigenvalue weighted by molar-refractivity contribution is 6.22. The van der Waals surface area contributed by atoms with Crippen molar-refractivity contribution < 1.29 is 0 Å². The van der Waals surface area contributed by atoms with Gasteiger partial charge in [-0.05, 0) is 113 Å². The first-order valence-corrected chi connectivity index (χ1v) is 21.7. The van der Waals surface area contributed by atoms with E-state index in [9.17, 15) is 0 Å². The fraction of sp³-hybridized carbons (Fsp3) is 0. The summed E-state index contributed by atoms with van der Waals surface area (Å²) in [5.74, 6) is 0. The molecule has 0 fully saturated rings. The maximum atomic E-state index is 2.44. The van der Waals surface area contributed by atoms with Gasteiger partial charge in [-0.2, -0.15) is 0 Å². The lowest BCUT2D eigenvalue weighted by atomic mass is 9.85. The molecule has 0 aromatic heterocycles. The second kappa shape index (κ2) is 16.7. The second-order valence-electron chi connectivity index (χ2n) is 16.0. The molecule has 1 heteroatoms. The van der Waals surface area contributed by atoms with Crippen molar-refractivity contribution in [1.29, 1.82) is 0 Å². The normalized spacial score (nSPS) is 11.2. The topological polar surface area (TPSA) is 3.24 Å². The predicted molar refractivity (Wildman–Crippen MR) is 269 cm³/mol. The molecule has 0 aliphatic carbocycles. The van der Waals surface area contributed by atoms with E-state index in [0.29, 0.717) is 0 Å². The molecule has 0 atom stereocenters. The molecular weight excluding hydrogens is 759 g/mol. The Balaban J connectivity index is 1.15. The van der Waals surface area contributed by atoms with Crippen molar-refractivity contribution in [3.05, 3.63) is 261 Å². The van der Waals surface area contributed by atoms with E-state index in [1.54, 1.807) is 0 Å². The molecule has 0 aliphatic heterocycles. The summed E-state index contributed by atoms with van der Waals surface area (Å²) >= 11 is 0. The summed E-state index contributed by atoms with van der Waals surface area (Å²) in [5, 5.41) is 4.92. The summed E-state index contributed by atoms with van der Waals surface area (Å²) < 4.78 is 0. The fourth-order valence-corrected chi connectivity index (χ4v) is 9.44. The van der Waals surface area contributed by atoms with Crippen LogP contribution in [0.3, 0.4) is 0 Å².